The molecule has 2 heteroatoms. The van der Waals surface area contributed by atoms with E-state index in [1.807, 2.05) is 0 Å². The Hall–Kier alpha value is -0.771. The van der Waals surface area contributed by atoms with Crippen molar-refractivity contribution >= 4 is 16.0 Å². The molecule has 11 heavy (non-hydrogen) atoms. The van der Waals surface area contributed by atoms with E-state index in [-0.39, 0.29) is 0 Å². The van der Waals surface area contributed by atoms with Gasteiger partial charge in [0, 0.05) is 0 Å². The summed E-state index contributed by atoms with van der Waals surface area (Å²) in [6.45, 7) is 4.19. The fraction of sp³-hybridized carbons (Fsp3) is 0.222. The number of aryl methyl sites for hydroxylation is 2. The Labute approximate surface area is 75.9 Å². The molecular weight excluding hydrogens is 201 g/mol. The molecule has 0 unspecified atom stereocenters. The van der Waals surface area contributed by atoms with Gasteiger partial charge < -0.3 is 0 Å². The van der Waals surface area contributed by atoms with Crippen LogP contribution < -0.4 is 0 Å². The number of nitriles is 1. The quantitative estimate of drug-likeness (QED) is 0.601. The number of hydrogen-bond donors (Lipinski definition) is 0. The molecule has 0 N–H and O–H groups in total. The van der Waals surface area contributed by atoms with E-state index >= 15 is 0 Å². The Bertz CT molecular complexity index is 212. The SMILES string of the molecule is Cc1ccc(C)cc1.N#C[Se-]. The third-order valence-electron chi connectivity index (χ3n) is 1.22. The fourth-order valence-electron chi connectivity index (χ4n) is 0.637. The molecule has 0 aliphatic carbocycles. The molecule has 0 spiro atoms. The molecule has 58 valence electrons. The summed E-state index contributed by atoms with van der Waals surface area (Å²) in [5, 5.41) is 7.26. The van der Waals surface area contributed by atoms with E-state index < -0.39 is 0 Å². The van der Waals surface area contributed by atoms with Crippen LogP contribution in [0.3, 0.4) is 0 Å². The predicted molar refractivity (Wildman–Crippen MR) is 47.3 cm³/mol. The Balaban J connectivity index is 0.000000292. The first-order chi connectivity index (χ1) is 5.20. The number of nitrogens with zero attached hydrogens (tertiary/aromatic N) is 1. The van der Waals surface area contributed by atoms with Crippen molar-refractivity contribution in [2.24, 2.45) is 0 Å². The molecular formula is C9H10NSe-. The number of rotatable bonds is 0. The molecule has 0 aliphatic heterocycles. The fourth-order valence-corrected chi connectivity index (χ4v) is 0.637. The molecule has 0 fully saturated rings. The van der Waals surface area contributed by atoms with Crippen LogP contribution in [-0.2, 0) is 0 Å². The van der Waals surface area contributed by atoms with Crippen LogP contribution in [0.5, 0.6) is 0 Å². The summed E-state index contributed by atoms with van der Waals surface area (Å²) < 4.78 is 0. The van der Waals surface area contributed by atoms with Crippen LogP contribution in [0.4, 0.5) is 0 Å². The average molecular weight is 211 g/mol. The van der Waals surface area contributed by atoms with Crippen molar-refractivity contribution in [2.75, 3.05) is 0 Å². The van der Waals surface area contributed by atoms with Crippen LogP contribution in [-0.4, -0.2) is 16.0 Å². The Morgan fingerprint density at radius 3 is 1.45 bits per heavy atom. The van der Waals surface area contributed by atoms with E-state index in [1.54, 1.807) is 4.97 Å². The van der Waals surface area contributed by atoms with Gasteiger partial charge in [-0.3, -0.25) is 0 Å². The van der Waals surface area contributed by atoms with Crippen molar-refractivity contribution in [1.82, 2.24) is 0 Å². The van der Waals surface area contributed by atoms with Gasteiger partial charge in [-0.05, 0) is 13.8 Å². The third kappa shape index (κ3) is 5.66. The standard InChI is InChI=1S/C8H10.CHNSe/c1-7-3-5-8(2)6-4-7;2-1-3/h3-6H,1-2H3;3H/p-1. The summed E-state index contributed by atoms with van der Waals surface area (Å²) in [6, 6.07) is 8.48. The molecule has 1 rings (SSSR count). The summed E-state index contributed by atoms with van der Waals surface area (Å²) in [5.74, 6) is 0. The van der Waals surface area contributed by atoms with Crippen molar-refractivity contribution in [2.45, 2.75) is 13.8 Å². The Kier molecular flexibility index (Phi) is 5.55. The molecule has 1 aromatic rings. The number of benzene rings is 1. The Morgan fingerprint density at radius 2 is 1.27 bits per heavy atom. The topological polar surface area (TPSA) is 23.8 Å². The van der Waals surface area contributed by atoms with E-state index in [4.69, 9.17) is 5.26 Å². The van der Waals surface area contributed by atoms with Gasteiger partial charge in [-0.25, -0.2) is 0 Å². The summed E-state index contributed by atoms with van der Waals surface area (Å²) in [7, 11) is 0. The van der Waals surface area contributed by atoms with Gasteiger partial charge in [0.1, 0.15) is 0 Å². The van der Waals surface area contributed by atoms with Gasteiger partial charge in [0.2, 0.25) is 0 Å². The molecule has 0 saturated carbocycles. The van der Waals surface area contributed by atoms with Gasteiger partial charge >= 0.3 is 26.2 Å². The Morgan fingerprint density at radius 1 is 1.09 bits per heavy atom. The van der Waals surface area contributed by atoms with Crippen molar-refractivity contribution in [3.63, 3.8) is 0 Å². The van der Waals surface area contributed by atoms with Gasteiger partial charge in [0.15, 0.2) is 0 Å². The molecule has 0 aliphatic rings. The van der Waals surface area contributed by atoms with Gasteiger partial charge in [0.05, 0.1) is 0 Å². The van der Waals surface area contributed by atoms with Gasteiger partial charge in [-0.2, -0.15) is 0 Å². The predicted octanol–water partition coefficient (Wildman–Crippen LogP) is 1.94. The van der Waals surface area contributed by atoms with Crippen LogP contribution in [0, 0.1) is 24.1 Å². The second kappa shape index (κ2) is 5.97. The van der Waals surface area contributed by atoms with Crippen LogP contribution >= 0.6 is 0 Å². The van der Waals surface area contributed by atoms with Crippen molar-refractivity contribution in [1.29, 1.82) is 5.26 Å². The van der Waals surface area contributed by atoms with Crippen molar-refractivity contribution < 1.29 is 0 Å². The normalized spacial score (nSPS) is 7.36. The molecule has 0 heterocycles. The van der Waals surface area contributed by atoms with E-state index in [0.29, 0.717) is 0 Å². The molecule has 0 aromatic heterocycles. The van der Waals surface area contributed by atoms with Crippen LogP contribution in [0.2, 0.25) is 0 Å². The summed E-state index contributed by atoms with van der Waals surface area (Å²) in [4.78, 5) is 1.62. The zero-order valence-corrected chi connectivity index (χ0v) is 8.38. The zero-order valence-electron chi connectivity index (χ0n) is 6.66. The van der Waals surface area contributed by atoms with Gasteiger partial charge in [-0.1, -0.05) is 35.4 Å². The second-order valence-corrected chi connectivity index (χ2v) is 2.63. The van der Waals surface area contributed by atoms with Gasteiger partial charge in [-0.15, -0.1) is 0 Å². The molecule has 1 nitrogen and oxygen atoms in total. The zero-order chi connectivity index (χ0) is 8.69. The molecule has 0 amide bonds. The number of hydrogen-bond acceptors (Lipinski definition) is 1. The van der Waals surface area contributed by atoms with Crippen LogP contribution in [0.15, 0.2) is 24.3 Å². The maximum atomic E-state index is 7.26. The minimum absolute atomic E-state index is 1.33. The maximum absolute atomic E-state index is 7.26. The van der Waals surface area contributed by atoms with Gasteiger partial charge in [0.25, 0.3) is 0 Å². The van der Waals surface area contributed by atoms with Crippen molar-refractivity contribution in [3.05, 3.63) is 35.4 Å². The minimum atomic E-state index is 1.33. The van der Waals surface area contributed by atoms with Crippen LogP contribution in [0.25, 0.3) is 0 Å². The first-order valence-corrected chi connectivity index (χ1v) is 4.11. The van der Waals surface area contributed by atoms with E-state index in [2.05, 4.69) is 54.1 Å². The molecule has 0 saturated heterocycles. The molecule has 0 radical (unpaired) electrons. The summed E-state index contributed by atoms with van der Waals surface area (Å²) in [5.41, 5.74) is 2.66. The summed E-state index contributed by atoms with van der Waals surface area (Å²) in [6.07, 6.45) is 0. The van der Waals surface area contributed by atoms with E-state index in [1.165, 1.54) is 11.1 Å². The molecule has 1 aromatic carbocycles. The average Bonchev–Trinajstić information content (AvgIpc) is 1.97. The van der Waals surface area contributed by atoms with E-state index in [9.17, 15) is 0 Å². The first-order valence-electron chi connectivity index (χ1n) is 3.25. The first kappa shape index (κ1) is 10.2. The molecule has 0 atom stereocenters. The van der Waals surface area contributed by atoms with E-state index in [0.717, 1.165) is 0 Å². The van der Waals surface area contributed by atoms with Crippen molar-refractivity contribution in [3.8, 4) is 4.97 Å². The monoisotopic (exact) mass is 212 g/mol. The van der Waals surface area contributed by atoms with Crippen LogP contribution in [0.1, 0.15) is 11.1 Å². The third-order valence-corrected chi connectivity index (χ3v) is 1.22. The second-order valence-electron chi connectivity index (χ2n) is 2.25. The molecule has 0 bridgehead atoms. The summed E-state index contributed by atoms with van der Waals surface area (Å²) >= 11 is 2.11.